The first-order valence-corrected chi connectivity index (χ1v) is 22.1. The molecule has 2 saturated heterocycles. The van der Waals surface area contributed by atoms with E-state index in [0.29, 0.717) is 69.5 Å². The second-order valence-electron chi connectivity index (χ2n) is 17.9. The maximum absolute atomic E-state index is 15.2. The minimum absolute atomic E-state index is 0.0790. The van der Waals surface area contributed by atoms with Gasteiger partial charge in [0.1, 0.15) is 17.3 Å². The first-order valence-electron chi connectivity index (χ1n) is 20.7. The van der Waals surface area contributed by atoms with Crippen LogP contribution in [0.4, 0.5) is 5.69 Å². The number of nitrogens with zero attached hydrogens (tertiary/aromatic N) is 3. The van der Waals surface area contributed by atoms with Crippen molar-refractivity contribution in [2.75, 3.05) is 58.9 Å². The number of nitrogens with two attached hydrogens (primary N) is 1. The van der Waals surface area contributed by atoms with Crippen molar-refractivity contribution in [2.45, 2.75) is 92.6 Å². The van der Waals surface area contributed by atoms with E-state index in [1.165, 1.54) is 7.11 Å². The van der Waals surface area contributed by atoms with Crippen molar-refractivity contribution in [1.82, 2.24) is 14.8 Å². The number of aliphatic hydroxyl groups is 3. The van der Waals surface area contributed by atoms with Gasteiger partial charge in [-0.25, -0.2) is 0 Å². The van der Waals surface area contributed by atoms with Gasteiger partial charge < -0.3 is 40.4 Å². The Morgan fingerprint density at radius 1 is 1.02 bits per heavy atom. The number of ether oxygens (including phenoxy) is 2. The fourth-order valence-corrected chi connectivity index (χ4v) is 13.1. The number of carbonyl (C=O) groups is 2. The number of hydrogen-bond donors (Lipinski definition) is 7. The first kappa shape index (κ1) is 42.6. The lowest BCUT2D eigenvalue weighted by Crippen LogP contribution is -2.81. The number of amides is 1. The summed E-state index contributed by atoms with van der Waals surface area (Å²) in [5.74, 6) is -1.00. The van der Waals surface area contributed by atoms with Crippen molar-refractivity contribution >= 4 is 38.9 Å². The number of piperidine rings is 1. The Hall–Kier alpha value is -4.07. The lowest BCUT2D eigenvalue weighted by Gasteiger charge is -2.63. The smallest absolute Gasteiger partial charge is 0.394 e. The van der Waals surface area contributed by atoms with Crippen LogP contribution in [0.1, 0.15) is 68.3 Å². The van der Waals surface area contributed by atoms with Gasteiger partial charge in [0.05, 0.1) is 25.9 Å². The number of aromatic nitrogens is 1. The normalized spacial score (nSPS) is 36.7. The van der Waals surface area contributed by atoms with Crippen molar-refractivity contribution < 1.29 is 51.9 Å². The van der Waals surface area contributed by atoms with Gasteiger partial charge in [-0.15, -0.1) is 0 Å². The zero-order chi connectivity index (χ0) is 43.4. The van der Waals surface area contributed by atoms with Gasteiger partial charge in [0.25, 0.3) is 5.91 Å². The van der Waals surface area contributed by atoms with Crippen LogP contribution < -0.4 is 15.4 Å². The molecule has 1 aromatic heterocycles. The number of hydrogen-bond acceptors (Lipinski definition) is 12. The highest BCUT2D eigenvalue weighted by Gasteiger charge is 2.78. The number of H-pyrrole nitrogens is 1. The van der Waals surface area contributed by atoms with Gasteiger partial charge >= 0.3 is 16.4 Å². The van der Waals surface area contributed by atoms with Crippen molar-refractivity contribution in [3.63, 3.8) is 0 Å². The van der Waals surface area contributed by atoms with Crippen LogP contribution in [-0.2, 0) is 42.0 Å². The van der Waals surface area contributed by atoms with E-state index >= 15 is 4.79 Å². The molecule has 326 valence electrons. The molecule has 9 rings (SSSR count). The quantitative estimate of drug-likeness (QED) is 0.107. The van der Waals surface area contributed by atoms with E-state index < -0.39 is 61.9 Å². The van der Waals surface area contributed by atoms with Gasteiger partial charge in [0, 0.05) is 84.0 Å². The van der Waals surface area contributed by atoms with E-state index in [2.05, 4.69) is 26.9 Å². The van der Waals surface area contributed by atoms with Gasteiger partial charge in [-0.1, -0.05) is 44.2 Å². The molecule has 60 heavy (non-hydrogen) atoms. The number of anilines is 1. The molecule has 5 unspecified atom stereocenters. The number of likely N-dealkylation sites (N-methyl/N-ethyl adjacent to an activating group) is 1. The van der Waals surface area contributed by atoms with Crippen LogP contribution in [0.5, 0.6) is 5.75 Å². The van der Waals surface area contributed by atoms with Crippen LogP contribution in [0.2, 0.25) is 0 Å². The van der Waals surface area contributed by atoms with Crippen LogP contribution >= 0.6 is 0 Å². The van der Waals surface area contributed by atoms with Gasteiger partial charge in [0.2, 0.25) is 0 Å². The van der Waals surface area contributed by atoms with Crippen molar-refractivity contribution in [3.05, 3.63) is 70.9 Å². The van der Waals surface area contributed by atoms with E-state index in [1.54, 1.807) is 7.11 Å². The maximum atomic E-state index is 15.2. The highest BCUT2D eigenvalue weighted by molar-refractivity contribution is 7.79. The largest absolute Gasteiger partial charge is 0.496 e. The number of carbonyl (C=O) groups excluding carboxylic acids is 2. The zero-order valence-corrected chi connectivity index (χ0v) is 35.5. The summed E-state index contributed by atoms with van der Waals surface area (Å²) < 4.78 is 43.8. The minimum Gasteiger partial charge on any atom is -0.496 e. The summed E-state index contributed by atoms with van der Waals surface area (Å²) in [6, 6.07) is 11.0. The number of para-hydroxylation sites is 1. The highest BCUT2D eigenvalue weighted by Crippen LogP contribution is 2.67. The van der Waals surface area contributed by atoms with E-state index in [0.717, 1.165) is 46.5 Å². The molecule has 3 fully saturated rings. The summed E-state index contributed by atoms with van der Waals surface area (Å²) in [6.07, 6.45) is 5.78. The molecule has 0 radical (unpaired) electrons. The summed E-state index contributed by atoms with van der Waals surface area (Å²) in [5, 5.41) is 38.0. The highest BCUT2D eigenvalue weighted by atomic mass is 32.3. The number of benzene rings is 2. The Balaban J connectivity index is 0.000000943. The Morgan fingerprint density at radius 3 is 2.38 bits per heavy atom. The number of esters is 1. The number of aromatic amines is 1. The molecule has 10 atom stereocenters. The number of methoxy groups -OCH3 is 2. The molecule has 6 aliphatic rings. The SMILES string of the molecule is CC[C@]1(O)CC2CN(CCc3c([nH]c4ccccc34)[C@@](C(=O)OC)(c3cc4c(cc3OC)N(C)C3[C@@](O)(C(N)=O)C(O)[C@]5(CC)C=CCN6CC[C@]43C65)C2)C1.O=S(=O)(O)O. The van der Waals surface area contributed by atoms with Gasteiger partial charge in [-0.05, 0) is 74.2 Å². The van der Waals surface area contributed by atoms with E-state index in [1.807, 2.05) is 62.2 Å². The molecule has 2 aromatic carbocycles. The molecule has 1 amide bonds. The summed E-state index contributed by atoms with van der Waals surface area (Å²) in [6.45, 7) is 7.39. The summed E-state index contributed by atoms with van der Waals surface area (Å²) in [4.78, 5) is 39.3. The lowest BCUT2D eigenvalue weighted by molar-refractivity contribution is -0.201. The van der Waals surface area contributed by atoms with Crippen molar-refractivity contribution in [1.29, 1.82) is 0 Å². The van der Waals surface area contributed by atoms with Crippen LogP contribution in [0, 0.1) is 11.3 Å². The van der Waals surface area contributed by atoms with E-state index in [9.17, 15) is 20.1 Å². The Morgan fingerprint density at radius 2 is 1.73 bits per heavy atom. The summed E-state index contributed by atoms with van der Waals surface area (Å²) in [7, 11) is 0.225. The molecule has 8 N–H and O–H groups in total. The standard InChI is InChI=1S/C43H55N5O7.H2O4S/c1-6-39(52)21-25-22-42(38(51)55-5,33-27(13-17-47(23-25)24-39)26-11-8-9-12-30(26)45-33)29-19-28-31(20-32(29)54-4)46(3)35-41(28)15-18-48-16-10-14-40(7-2,34(41)48)36(49)43(35,53)37(44)50;1-5(2,3)4/h8-12,14,19-20,25,34-36,45,49,52-53H,6-7,13,15-18,21-24H2,1-5H3,(H2,44,50);(H2,1,2,3,4)/t25?,34?,35?,36?,39-,40+,41+,42-,43-;/m0./s1. The van der Waals surface area contributed by atoms with Crippen molar-refractivity contribution in [3.8, 4) is 5.75 Å². The molecule has 1 saturated carbocycles. The van der Waals surface area contributed by atoms with Crippen LogP contribution in [-0.4, -0.2) is 143 Å². The van der Waals surface area contributed by atoms with Crippen LogP contribution in [0.15, 0.2) is 48.6 Å². The number of aliphatic hydroxyl groups excluding tert-OH is 1. The Bertz CT molecular complexity index is 2360. The molecule has 3 aromatic rings. The zero-order valence-electron chi connectivity index (χ0n) is 34.7. The van der Waals surface area contributed by atoms with Gasteiger partial charge in [-0.3, -0.25) is 28.5 Å². The molecule has 1 aliphatic carbocycles. The first-order chi connectivity index (χ1) is 28.3. The third-order valence-electron chi connectivity index (χ3n) is 15.2. The molecule has 1 spiro atoms. The monoisotopic (exact) mass is 851 g/mol. The van der Waals surface area contributed by atoms with Crippen molar-refractivity contribution in [2.24, 2.45) is 17.1 Å². The molecular formula is C43H57N5O11S. The lowest BCUT2D eigenvalue weighted by atomic mass is 9.47. The number of nitrogens with one attached hydrogen (secondary N) is 1. The van der Waals surface area contributed by atoms with Crippen LogP contribution in [0.25, 0.3) is 10.9 Å². The van der Waals surface area contributed by atoms with Crippen LogP contribution in [0.3, 0.4) is 0 Å². The fraction of sp³-hybridized carbons (Fsp3) is 0.581. The predicted octanol–water partition coefficient (Wildman–Crippen LogP) is 2.08. The third-order valence-corrected chi connectivity index (χ3v) is 15.2. The summed E-state index contributed by atoms with van der Waals surface area (Å²) in [5.41, 5.74) is 4.72. The predicted molar refractivity (Wildman–Crippen MR) is 222 cm³/mol. The number of fused-ring (bicyclic) bond motifs is 6. The average molecular weight is 852 g/mol. The molecule has 17 heteroatoms. The fourth-order valence-electron chi connectivity index (χ4n) is 13.1. The molecule has 16 nitrogen and oxygen atoms in total. The number of primary amides is 1. The van der Waals surface area contributed by atoms with Gasteiger partial charge in [0.15, 0.2) is 5.60 Å². The minimum atomic E-state index is -4.67. The van der Waals surface area contributed by atoms with E-state index in [4.69, 9.17) is 32.7 Å². The number of rotatable bonds is 6. The second-order valence-corrected chi connectivity index (χ2v) is 18.8. The third kappa shape index (κ3) is 5.91. The summed E-state index contributed by atoms with van der Waals surface area (Å²) >= 11 is 0. The average Bonchev–Trinajstić information content (AvgIpc) is 3.87. The molecular weight excluding hydrogens is 795 g/mol. The Labute approximate surface area is 349 Å². The maximum Gasteiger partial charge on any atom is 0.394 e. The molecule has 6 heterocycles. The van der Waals surface area contributed by atoms with E-state index in [-0.39, 0.29) is 12.0 Å². The van der Waals surface area contributed by atoms with Gasteiger partial charge in [-0.2, -0.15) is 8.42 Å². The Kier molecular flexibility index (Phi) is 10.3. The molecule has 5 aliphatic heterocycles. The molecule has 2 bridgehead atoms. The second kappa shape index (κ2) is 14.5. The topological polar surface area (TPSA) is 239 Å².